The number of aliphatic hydroxyl groups is 1. The molecule has 1 aromatic rings. The third kappa shape index (κ3) is 3.45. The summed E-state index contributed by atoms with van der Waals surface area (Å²) in [6.07, 6.45) is 3.13. The largest absolute Gasteiger partial charge is 0.389 e. The molecule has 0 radical (unpaired) electrons. The van der Waals surface area contributed by atoms with Crippen molar-refractivity contribution in [3.8, 4) is 0 Å². The average molecular weight is 360 g/mol. The Morgan fingerprint density at radius 3 is 2.61 bits per heavy atom. The Kier molecular flexibility index (Phi) is 4.34. The predicted molar refractivity (Wildman–Crippen MR) is 81.7 cm³/mol. The lowest BCUT2D eigenvalue weighted by molar-refractivity contribution is -0.152. The van der Waals surface area contributed by atoms with Crippen LogP contribution in [0, 0.1) is 3.57 Å². The van der Waals surface area contributed by atoms with Gasteiger partial charge in [-0.3, -0.25) is 0 Å². The summed E-state index contributed by atoms with van der Waals surface area (Å²) in [7, 11) is 0. The van der Waals surface area contributed by atoms with E-state index >= 15 is 0 Å². The molecule has 1 aromatic carbocycles. The first-order valence-electron chi connectivity index (χ1n) is 6.56. The van der Waals surface area contributed by atoms with Crippen LogP contribution in [0.3, 0.4) is 0 Å². The molecule has 2 atom stereocenters. The summed E-state index contributed by atoms with van der Waals surface area (Å²) in [6, 6.07) is 8.41. The van der Waals surface area contributed by atoms with Crippen molar-refractivity contribution >= 4 is 22.6 Å². The first-order chi connectivity index (χ1) is 8.45. The Balaban J connectivity index is 2.09. The highest BCUT2D eigenvalue weighted by Gasteiger charge is 2.40. The summed E-state index contributed by atoms with van der Waals surface area (Å²) in [6.45, 7) is 4.88. The molecular formula is C15H21IO2. The lowest BCUT2D eigenvalue weighted by Crippen LogP contribution is -2.48. The van der Waals surface area contributed by atoms with Gasteiger partial charge in [0.1, 0.15) is 0 Å². The van der Waals surface area contributed by atoms with Crippen LogP contribution in [-0.4, -0.2) is 22.9 Å². The topological polar surface area (TPSA) is 29.5 Å². The fraction of sp³-hybridized carbons (Fsp3) is 0.600. The number of hydrogen-bond acceptors (Lipinski definition) is 2. The van der Waals surface area contributed by atoms with Crippen LogP contribution < -0.4 is 0 Å². The molecule has 0 amide bonds. The van der Waals surface area contributed by atoms with Crippen LogP contribution in [0.4, 0.5) is 0 Å². The van der Waals surface area contributed by atoms with E-state index in [0.29, 0.717) is 6.61 Å². The van der Waals surface area contributed by atoms with Gasteiger partial charge in [-0.25, -0.2) is 0 Å². The minimum absolute atomic E-state index is 0.170. The molecule has 1 aliphatic heterocycles. The van der Waals surface area contributed by atoms with Crippen LogP contribution in [0.15, 0.2) is 24.3 Å². The van der Waals surface area contributed by atoms with Gasteiger partial charge in [0.2, 0.25) is 0 Å². The van der Waals surface area contributed by atoms with Crippen molar-refractivity contribution < 1.29 is 9.84 Å². The van der Waals surface area contributed by atoms with Crippen molar-refractivity contribution in [2.24, 2.45) is 0 Å². The maximum atomic E-state index is 10.8. The molecule has 0 aliphatic carbocycles. The molecule has 1 aliphatic rings. The molecule has 0 bridgehead atoms. The summed E-state index contributed by atoms with van der Waals surface area (Å²) in [5, 5.41) is 10.8. The van der Waals surface area contributed by atoms with E-state index in [1.165, 1.54) is 9.13 Å². The molecule has 0 spiro atoms. The van der Waals surface area contributed by atoms with E-state index in [1.807, 2.05) is 0 Å². The second-order valence-corrected chi connectivity index (χ2v) is 6.85. The molecule has 1 heterocycles. The zero-order chi connectivity index (χ0) is 13.2. The first kappa shape index (κ1) is 14.3. The van der Waals surface area contributed by atoms with E-state index in [2.05, 4.69) is 60.7 Å². The van der Waals surface area contributed by atoms with E-state index < -0.39 is 5.60 Å². The lowest BCUT2D eigenvalue weighted by atomic mass is 9.78. The maximum Gasteiger partial charge on any atom is 0.0737 e. The second kappa shape index (κ2) is 5.47. The molecule has 3 heteroatoms. The average Bonchev–Trinajstić information content (AvgIpc) is 2.32. The van der Waals surface area contributed by atoms with E-state index in [1.54, 1.807) is 0 Å². The molecule has 1 saturated heterocycles. The molecule has 0 aromatic heterocycles. The minimum atomic E-state index is -0.615. The molecule has 2 nitrogen and oxygen atoms in total. The number of hydrogen-bond donors (Lipinski definition) is 1. The van der Waals surface area contributed by atoms with Gasteiger partial charge in [0, 0.05) is 16.4 Å². The van der Waals surface area contributed by atoms with Crippen LogP contribution in [-0.2, 0) is 11.2 Å². The van der Waals surface area contributed by atoms with Crippen molar-refractivity contribution in [2.75, 3.05) is 6.61 Å². The van der Waals surface area contributed by atoms with Crippen LogP contribution in [0.5, 0.6) is 0 Å². The van der Waals surface area contributed by atoms with Gasteiger partial charge in [-0.15, -0.1) is 0 Å². The van der Waals surface area contributed by atoms with Gasteiger partial charge in [0.25, 0.3) is 0 Å². The van der Waals surface area contributed by atoms with E-state index in [9.17, 15) is 5.11 Å². The summed E-state index contributed by atoms with van der Waals surface area (Å²) >= 11 is 2.30. The van der Waals surface area contributed by atoms with Gasteiger partial charge in [-0.2, -0.15) is 0 Å². The summed E-state index contributed by atoms with van der Waals surface area (Å²) in [5.74, 6) is 0. The van der Waals surface area contributed by atoms with Crippen molar-refractivity contribution in [3.05, 3.63) is 33.4 Å². The third-order valence-electron chi connectivity index (χ3n) is 3.92. The molecule has 2 unspecified atom stereocenters. The fourth-order valence-corrected chi connectivity index (χ4v) is 3.04. The van der Waals surface area contributed by atoms with Gasteiger partial charge in [-0.1, -0.05) is 19.1 Å². The van der Waals surface area contributed by atoms with Crippen LogP contribution in [0.1, 0.15) is 38.7 Å². The summed E-state index contributed by atoms with van der Waals surface area (Å²) in [4.78, 5) is 0. The Hall–Kier alpha value is -0.130. The minimum Gasteiger partial charge on any atom is -0.389 e. The third-order valence-corrected chi connectivity index (χ3v) is 4.63. The second-order valence-electron chi connectivity index (χ2n) is 5.61. The molecule has 1 fully saturated rings. The number of halogens is 1. The molecule has 0 saturated carbocycles. The number of benzene rings is 1. The van der Waals surface area contributed by atoms with Crippen molar-refractivity contribution in [1.29, 1.82) is 0 Å². The van der Waals surface area contributed by atoms with Gasteiger partial charge < -0.3 is 9.84 Å². The monoisotopic (exact) mass is 360 g/mol. The van der Waals surface area contributed by atoms with Crippen LogP contribution in [0.2, 0.25) is 0 Å². The van der Waals surface area contributed by atoms with Gasteiger partial charge in [0.05, 0.1) is 17.8 Å². The molecule has 2 rings (SSSR count). The van der Waals surface area contributed by atoms with Crippen molar-refractivity contribution in [3.63, 3.8) is 0 Å². The van der Waals surface area contributed by atoms with Crippen LogP contribution >= 0.6 is 22.6 Å². The van der Waals surface area contributed by atoms with Gasteiger partial charge in [0.15, 0.2) is 0 Å². The molecule has 100 valence electrons. The van der Waals surface area contributed by atoms with E-state index in [4.69, 9.17) is 4.74 Å². The highest BCUT2D eigenvalue weighted by atomic mass is 127. The molecule has 18 heavy (non-hydrogen) atoms. The maximum absolute atomic E-state index is 10.8. The van der Waals surface area contributed by atoms with Crippen molar-refractivity contribution in [2.45, 2.75) is 50.7 Å². The highest BCUT2D eigenvalue weighted by molar-refractivity contribution is 14.1. The smallest absolute Gasteiger partial charge is 0.0737 e. The molecule has 1 N–H and O–H groups in total. The van der Waals surface area contributed by atoms with E-state index in [0.717, 1.165) is 25.7 Å². The Bertz CT molecular complexity index is 403. The number of ether oxygens (including phenoxy) is 1. The summed E-state index contributed by atoms with van der Waals surface area (Å²) < 4.78 is 7.04. The highest BCUT2D eigenvalue weighted by Crippen LogP contribution is 2.36. The normalized spacial score (nSPS) is 32.4. The number of rotatable bonds is 3. The predicted octanol–water partition coefficient (Wildman–Crippen LogP) is 3.54. The standard InChI is InChI=1S/C15H21IO2/c1-3-14(2)11-15(17,8-9-18-14)10-12-4-6-13(16)7-5-12/h4-7,17H,3,8-11H2,1-2H3. The quantitative estimate of drug-likeness (QED) is 0.836. The SMILES string of the molecule is CCC1(C)CC(O)(Cc2ccc(I)cc2)CCO1. The summed E-state index contributed by atoms with van der Waals surface area (Å²) in [5.41, 5.74) is 0.421. The van der Waals surface area contributed by atoms with Crippen molar-refractivity contribution in [1.82, 2.24) is 0 Å². The lowest BCUT2D eigenvalue weighted by Gasteiger charge is -2.43. The van der Waals surface area contributed by atoms with Crippen LogP contribution in [0.25, 0.3) is 0 Å². The van der Waals surface area contributed by atoms with Gasteiger partial charge in [-0.05, 0) is 60.1 Å². The van der Waals surface area contributed by atoms with E-state index in [-0.39, 0.29) is 5.60 Å². The zero-order valence-corrected chi connectivity index (χ0v) is 13.2. The Labute approximate surface area is 123 Å². The van der Waals surface area contributed by atoms with Gasteiger partial charge >= 0.3 is 0 Å². The Morgan fingerprint density at radius 1 is 1.33 bits per heavy atom. The first-order valence-corrected chi connectivity index (χ1v) is 7.63. The molecular weight excluding hydrogens is 339 g/mol. The zero-order valence-electron chi connectivity index (χ0n) is 11.1. The fourth-order valence-electron chi connectivity index (χ4n) is 2.68. The Morgan fingerprint density at radius 2 is 2.00 bits per heavy atom.